The molecule has 144 valence electrons. The number of aromatic nitrogens is 2. The highest BCUT2D eigenvalue weighted by Crippen LogP contribution is 2.29. The molecule has 1 heterocycles. The molecule has 1 aromatic heterocycles. The Hall–Kier alpha value is -2.77. The average Bonchev–Trinajstić information content (AvgIpc) is 3.23. The minimum atomic E-state index is -1.11. The molecule has 0 aliphatic heterocycles. The molecule has 0 fully saturated rings. The first-order chi connectivity index (χ1) is 12.9. The van der Waals surface area contributed by atoms with Gasteiger partial charge in [-0.3, -0.25) is 4.79 Å². The number of aliphatic carboxylic acids is 1. The van der Waals surface area contributed by atoms with E-state index < -0.39 is 29.6 Å². The second kappa shape index (κ2) is 7.85. The highest BCUT2D eigenvalue weighted by Gasteiger charge is 2.30. The van der Waals surface area contributed by atoms with Crippen LogP contribution in [-0.2, 0) is 17.6 Å². The number of amides is 1. The number of fused-ring (bicyclic) bond motifs is 1. The number of carbonyl (C=O) groups excluding carboxylic acids is 1. The molecule has 27 heavy (non-hydrogen) atoms. The van der Waals surface area contributed by atoms with Gasteiger partial charge in [-0.1, -0.05) is 25.8 Å². The van der Waals surface area contributed by atoms with Crippen molar-refractivity contribution in [3.05, 3.63) is 46.8 Å². The van der Waals surface area contributed by atoms with Gasteiger partial charge in [0.2, 0.25) is 0 Å². The molecule has 0 saturated carbocycles. The molecule has 0 bridgehead atoms. The molecule has 1 amide bonds. The largest absolute Gasteiger partial charge is 0.480 e. The summed E-state index contributed by atoms with van der Waals surface area (Å²) in [6, 6.07) is 2.78. The fraction of sp³-hybridized carbons (Fsp3) is 0.421. The summed E-state index contributed by atoms with van der Waals surface area (Å²) in [6.07, 6.45) is 3.73. The summed E-state index contributed by atoms with van der Waals surface area (Å²) in [4.78, 5) is 24.0. The van der Waals surface area contributed by atoms with E-state index in [1.54, 1.807) is 0 Å². The van der Waals surface area contributed by atoms with Gasteiger partial charge in [0.25, 0.3) is 5.91 Å². The van der Waals surface area contributed by atoms with Crippen LogP contribution in [0.2, 0.25) is 0 Å². The summed E-state index contributed by atoms with van der Waals surface area (Å²) < 4.78 is 29.1. The molecule has 1 atom stereocenters. The van der Waals surface area contributed by atoms with Crippen LogP contribution in [0.4, 0.5) is 8.78 Å². The predicted octanol–water partition coefficient (Wildman–Crippen LogP) is 3.01. The standard InChI is InChI=1S/C19H21F2N3O3/c1-2-3-8-13(19(26)27)22-18(25)17-11-6-4-9-14(11)24(23-17)15-10-5-7-12(20)16(15)21/h5,7,10,13H,2-4,6,8-9H2,1H3,(H,22,25)(H,26,27)/t13-/m0/s1. The molecule has 6 nitrogen and oxygen atoms in total. The number of hydrogen-bond acceptors (Lipinski definition) is 3. The highest BCUT2D eigenvalue weighted by molar-refractivity contribution is 5.96. The molecule has 0 spiro atoms. The number of unbranched alkanes of at least 4 members (excludes halogenated alkanes) is 1. The van der Waals surface area contributed by atoms with E-state index in [0.717, 1.165) is 18.9 Å². The van der Waals surface area contributed by atoms with Gasteiger partial charge >= 0.3 is 5.97 Å². The Kier molecular flexibility index (Phi) is 5.53. The van der Waals surface area contributed by atoms with E-state index in [1.165, 1.54) is 16.8 Å². The second-order valence-electron chi connectivity index (χ2n) is 6.62. The summed E-state index contributed by atoms with van der Waals surface area (Å²) in [5.41, 5.74) is 1.34. The Balaban J connectivity index is 1.94. The lowest BCUT2D eigenvalue weighted by Gasteiger charge is -2.13. The first-order valence-corrected chi connectivity index (χ1v) is 9.02. The van der Waals surface area contributed by atoms with Crippen molar-refractivity contribution in [2.45, 2.75) is 51.5 Å². The third-order valence-corrected chi connectivity index (χ3v) is 4.75. The van der Waals surface area contributed by atoms with Crippen molar-refractivity contribution in [3.8, 4) is 5.69 Å². The van der Waals surface area contributed by atoms with Gasteiger partial charge in [-0.2, -0.15) is 5.10 Å². The number of carboxylic acid groups (broad SMARTS) is 1. The van der Waals surface area contributed by atoms with Crippen LogP contribution in [0.25, 0.3) is 5.69 Å². The SMILES string of the molecule is CCCC[C@H](NC(=O)c1nn(-c2cccc(F)c2F)c2c1CCC2)C(=O)O. The van der Waals surface area contributed by atoms with Gasteiger partial charge in [0, 0.05) is 11.3 Å². The van der Waals surface area contributed by atoms with Crippen molar-refractivity contribution in [1.29, 1.82) is 0 Å². The van der Waals surface area contributed by atoms with E-state index >= 15 is 0 Å². The summed E-state index contributed by atoms with van der Waals surface area (Å²) in [6.45, 7) is 1.93. The Morgan fingerprint density at radius 1 is 1.33 bits per heavy atom. The van der Waals surface area contributed by atoms with Crippen molar-refractivity contribution in [1.82, 2.24) is 15.1 Å². The van der Waals surface area contributed by atoms with Crippen LogP contribution < -0.4 is 5.32 Å². The Morgan fingerprint density at radius 2 is 2.11 bits per heavy atom. The smallest absolute Gasteiger partial charge is 0.326 e. The van der Waals surface area contributed by atoms with Gasteiger partial charge < -0.3 is 10.4 Å². The first-order valence-electron chi connectivity index (χ1n) is 9.02. The van der Waals surface area contributed by atoms with E-state index in [0.29, 0.717) is 36.9 Å². The Labute approximate surface area is 155 Å². The fourth-order valence-electron chi connectivity index (χ4n) is 3.37. The maximum atomic E-state index is 14.2. The maximum absolute atomic E-state index is 14.2. The quantitative estimate of drug-likeness (QED) is 0.777. The number of carbonyl (C=O) groups is 2. The molecule has 1 aliphatic rings. The second-order valence-corrected chi connectivity index (χ2v) is 6.62. The number of nitrogens with one attached hydrogen (secondary N) is 1. The molecular weight excluding hydrogens is 356 g/mol. The van der Waals surface area contributed by atoms with E-state index in [2.05, 4.69) is 10.4 Å². The predicted molar refractivity (Wildman–Crippen MR) is 93.9 cm³/mol. The van der Waals surface area contributed by atoms with Gasteiger partial charge in [-0.25, -0.2) is 18.3 Å². The zero-order valence-corrected chi connectivity index (χ0v) is 15.0. The molecule has 8 heteroatoms. The number of benzene rings is 1. The molecule has 0 saturated heterocycles. The van der Waals surface area contributed by atoms with Crippen LogP contribution in [0.5, 0.6) is 0 Å². The van der Waals surface area contributed by atoms with Crippen LogP contribution in [-0.4, -0.2) is 32.8 Å². The van der Waals surface area contributed by atoms with Crippen molar-refractivity contribution >= 4 is 11.9 Å². The first kappa shape index (κ1) is 19.0. The number of nitrogens with zero attached hydrogens (tertiary/aromatic N) is 2. The minimum Gasteiger partial charge on any atom is -0.480 e. The molecule has 0 radical (unpaired) electrons. The summed E-state index contributed by atoms with van der Waals surface area (Å²) in [7, 11) is 0. The van der Waals surface area contributed by atoms with Crippen LogP contribution in [0, 0.1) is 11.6 Å². The van der Waals surface area contributed by atoms with Gasteiger partial charge in [0.05, 0.1) is 0 Å². The summed E-state index contributed by atoms with van der Waals surface area (Å²) in [5, 5.41) is 16.0. The van der Waals surface area contributed by atoms with Crippen LogP contribution in [0.1, 0.15) is 54.4 Å². The topological polar surface area (TPSA) is 84.2 Å². The molecule has 2 N–H and O–H groups in total. The third-order valence-electron chi connectivity index (χ3n) is 4.75. The lowest BCUT2D eigenvalue weighted by molar-refractivity contribution is -0.139. The van der Waals surface area contributed by atoms with Crippen molar-refractivity contribution in [3.63, 3.8) is 0 Å². The Bertz CT molecular complexity index is 879. The molecule has 2 aromatic rings. The minimum absolute atomic E-state index is 0.0621. The monoisotopic (exact) mass is 377 g/mol. The van der Waals surface area contributed by atoms with Gasteiger partial charge in [0.1, 0.15) is 11.7 Å². The summed E-state index contributed by atoms with van der Waals surface area (Å²) >= 11 is 0. The molecular formula is C19H21F2N3O3. The van der Waals surface area contributed by atoms with Gasteiger partial charge in [-0.05, 0) is 37.8 Å². The number of carboxylic acids is 1. The van der Waals surface area contributed by atoms with Gasteiger partial charge in [-0.15, -0.1) is 0 Å². The van der Waals surface area contributed by atoms with E-state index in [1.807, 2.05) is 6.92 Å². The fourth-order valence-corrected chi connectivity index (χ4v) is 3.37. The zero-order valence-electron chi connectivity index (χ0n) is 15.0. The van der Waals surface area contributed by atoms with Crippen LogP contribution >= 0.6 is 0 Å². The third kappa shape index (κ3) is 3.70. The highest BCUT2D eigenvalue weighted by atomic mass is 19.2. The van der Waals surface area contributed by atoms with Gasteiger partial charge in [0.15, 0.2) is 17.3 Å². The van der Waals surface area contributed by atoms with Crippen molar-refractivity contribution in [2.24, 2.45) is 0 Å². The normalized spacial score (nSPS) is 14.0. The lowest BCUT2D eigenvalue weighted by atomic mass is 10.1. The lowest BCUT2D eigenvalue weighted by Crippen LogP contribution is -2.41. The Morgan fingerprint density at radius 3 is 2.81 bits per heavy atom. The summed E-state index contributed by atoms with van der Waals surface area (Å²) in [5.74, 6) is -3.74. The van der Waals surface area contributed by atoms with E-state index in [9.17, 15) is 23.5 Å². The molecule has 1 aliphatic carbocycles. The molecule has 3 rings (SSSR count). The number of halogens is 2. The van der Waals surface area contributed by atoms with E-state index in [-0.39, 0.29) is 11.4 Å². The van der Waals surface area contributed by atoms with Crippen molar-refractivity contribution < 1.29 is 23.5 Å². The zero-order chi connectivity index (χ0) is 19.6. The van der Waals surface area contributed by atoms with Crippen LogP contribution in [0.15, 0.2) is 18.2 Å². The average molecular weight is 377 g/mol. The number of hydrogen-bond donors (Lipinski definition) is 2. The maximum Gasteiger partial charge on any atom is 0.326 e. The van der Waals surface area contributed by atoms with E-state index in [4.69, 9.17) is 0 Å². The molecule has 0 unspecified atom stereocenters. The van der Waals surface area contributed by atoms with Crippen molar-refractivity contribution in [2.75, 3.05) is 0 Å². The number of rotatable bonds is 7. The molecule has 1 aromatic carbocycles. The van der Waals surface area contributed by atoms with Crippen LogP contribution in [0.3, 0.4) is 0 Å².